The number of allylic oxidation sites excluding steroid dienone is 5. The van der Waals surface area contributed by atoms with Crippen LogP contribution in [0.4, 0.5) is 0 Å². The second kappa shape index (κ2) is 11.1. The van der Waals surface area contributed by atoms with E-state index in [1.165, 1.54) is 10.8 Å². The van der Waals surface area contributed by atoms with E-state index in [-0.39, 0.29) is 52.3 Å². The standard InChI is InChI=1S/C13H5OSi.C6H15O2Si.2ClH.Ti/c14-11-6-9-8-4-2-1-3-7(8)5-10(9)12-13(11)15-12;1-7-5-6-8-9(2,3)4;;;/h1-4,6H;1,5-6H2,2-4H3;2*1H;/q2*-1;;;+4/p-2. The summed E-state index contributed by atoms with van der Waals surface area (Å²) in [6, 6.07) is 8.13. The van der Waals surface area contributed by atoms with Gasteiger partial charge in [-0.25, -0.2) is 7.11 Å². The summed E-state index contributed by atoms with van der Waals surface area (Å²) in [6.45, 7) is 7.73. The molecule has 0 amide bonds. The van der Waals surface area contributed by atoms with Crippen molar-refractivity contribution in [2.45, 2.75) is 19.6 Å². The molecule has 0 saturated heterocycles. The number of ether oxygens (including phenoxy) is 1. The molecule has 0 aromatic heterocycles. The second-order valence-electron chi connectivity index (χ2n) is 6.71. The summed E-state index contributed by atoms with van der Waals surface area (Å²) in [5.41, 5.74) is 4.53. The number of halogens is 2. The Bertz CT molecular complexity index is 783. The zero-order valence-corrected chi connectivity index (χ0v) is 20.6. The Labute approximate surface area is 192 Å². The van der Waals surface area contributed by atoms with Gasteiger partial charge in [-0.05, 0) is 25.7 Å². The van der Waals surface area contributed by atoms with Gasteiger partial charge in [0.25, 0.3) is 0 Å². The number of fused-ring (bicyclic) bond motifs is 4. The minimum Gasteiger partial charge on any atom is -1.00 e. The van der Waals surface area contributed by atoms with Crippen molar-refractivity contribution in [2.75, 3.05) is 13.2 Å². The summed E-state index contributed by atoms with van der Waals surface area (Å²) in [5.74, 6) is 0.209. The third-order valence-electron chi connectivity index (χ3n) is 3.72. The Kier molecular flexibility index (Phi) is 11.0. The van der Waals surface area contributed by atoms with Gasteiger partial charge >= 0.3 is 21.7 Å². The molecule has 0 bridgehead atoms. The van der Waals surface area contributed by atoms with Gasteiger partial charge in [-0.3, -0.25) is 4.79 Å². The summed E-state index contributed by atoms with van der Waals surface area (Å²) in [5, 5.41) is 2.27. The molecule has 0 N–H and O–H groups in total. The average molecular weight is 471 g/mol. The SMILES string of the molecule is O=C1C=C2C(=[C-]c3ccccc32)C2=C1[Si]2.[CH2-]OCCO[Si](C)(C)C.[Cl-].[Cl-].[Ti+4]. The molecule has 3 nitrogen and oxygen atoms in total. The molecule has 0 fully saturated rings. The van der Waals surface area contributed by atoms with Crippen LogP contribution in [0.25, 0.3) is 5.57 Å². The number of hydrogen-bond acceptors (Lipinski definition) is 3. The first-order valence-corrected chi connectivity index (χ1v) is 12.3. The van der Waals surface area contributed by atoms with Crippen molar-refractivity contribution >= 4 is 29.2 Å². The molecule has 0 spiro atoms. The van der Waals surface area contributed by atoms with Crippen molar-refractivity contribution in [3.05, 3.63) is 70.6 Å². The first kappa shape index (κ1) is 26.8. The van der Waals surface area contributed by atoms with E-state index in [4.69, 9.17) is 4.43 Å². The molecule has 27 heavy (non-hydrogen) atoms. The number of benzene rings is 1. The predicted octanol–water partition coefficient (Wildman–Crippen LogP) is -2.68. The quantitative estimate of drug-likeness (QED) is 0.273. The van der Waals surface area contributed by atoms with Gasteiger partial charge in [0.2, 0.25) is 0 Å². The number of ketones is 1. The van der Waals surface area contributed by atoms with Crippen molar-refractivity contribution in [2.24, 2.45) is 0 Å². The van der Waals surface area contributed by atoms with E-state index in [0.717, 1.165) is 21.9 Å². The van der Waals surface area contributed by atoms with Crippen molar-refractivity contribution in [3.63, 3.8) is 0 Å². The van der Waals surface area contributed by atoms with E-state index in [9.17, 15) is 4.79 Å². The van der Waals surface area contributed by atoms with Crippen LogP contribution in [0.15, 0.2) is 46.3 Å². The van der Waals surface area contributed by atoms with Crippen molar-refractivity contribution in [1.29, 1.82) is 0 Å². The Morgan fingerprint density at radius 3 is 2.41 bits per heavy atom. The van der Waals surface area contributed by atoms with Crippen molar-refractivity contribution in [3.8, 4) is 0 Å². The summed E-state index contributed by atoms with van der Waals surface area (Å²) in [4.78, 5) is 11.6. The molecular weight excluding hydrogens is 451 g/mol. The number of carbonyl (C=O) groups is 1. The smallest absolute Gasteiger partial charge is 1.00 e. The summed E-state index contributed by atoms with van der Waals surface area (Å²) in [6.07, 6.45) is 5.16. The van der Waals surface area contributed by atoms with E-state index in [1.807, 2.05) is 12.1 Å². The maximum atomic E-state index is 11.6. The monoisotopic (exact) mass is 470 g/mol. The van der Waals surface area contributed by atoms with Crippen LogP contribution in [0.3, 0.4) is 0 Å². The molecule has 0 saturated carbocycles. The van der Waals surface area contributed by atoms with Crippen LogP contribution in [0.2, 0.25) is 19.6 Å². The molecule has 0 unspecified atom stereocenters. The Morgan fingerprint density at radius 2 is 1.78 bits per heavy atom. The molecular formula is C19H20Cl2O3Si2Ti. The molecule has 1 heterocycles. The van der Waals surface area contributed by atoms with Crippen molar-refractivity contribution < 1.29 is 60.5 Å². The van der Waals surface area contributed by atoms with E-state index in [0.29, 0.717) is 22.7 Å². The predicted molar refractivity (Wildman–Crippen MR) is 98.7 cm³/mol. The fourth-order valence-electron chi connectivity index (χ4n) is 2.59. The van der Waals surface area contributed by atoms with Crippen LogP contribution in [0.1, 0.15) is 11.1 Å². The summed E-state index contributed by atoms with van der Waals surface area (Å²) >= 11 is 0. The molecule has 140 valence electrons. The molecule has 2 radical (unpaired) electrons. The third kappa shape index (κ3) is 6.65. The zero-order valence-electron chi connectivity index (χ0n) is 15.5. The van der Waals surface area contributed by atoms with Gasteiger partial charge < -0.3 is 34.0 Å². The van der Waals surface area contributed by atoms with Gasteiger partial charge in [0.1, 0.15) is 0 Å². The minimum absolute atomic E-state index is 0. The summed E-state index contributed by atoms with van der Waals surface area (Å²) < 4.78 is 10.0. The third-order valence-corrected chi connectivity index (χ3v) is 6.03. The van der Waals surface area contributed by atoms with Gasteiger partial charge in [0.15, 0.2) is 14.1 Å². The van der Waals surface area contributed by atoms with Crippen LogP contribution in [-0.2, 0) is 35.7 Å². The van der Waals surface area contributed by atoms with Gasteiger partial charge in [-0.15, -0.1) is 39.6 Å². The largest absolute Gasteiger partial charge is 4.00 e. The average Bonchev–Trinajstić information content (AvgIpc) is 3.25. The fourth-order valence-corrected chi connectivity index (χ4v) is 4.24. The first-order valence-electron chi connectivity index (χ1n) is 7.93. The van der Waals surface area contributed by atoms with Crippen LogP contribution in [0.5, 0.6) is 0 Å². The summed E-state index contributed by atoms with van der Waals surface area (Å²) in [7, 11) is 2.57. The number of carbonyl (C=O) groups excluding carboxylic acids is 1. The van der Waals surface area contributed by atoms with E-state index < -0.39 is 8.32 Å². The van der Waals surface area contributed by atoms with Crippen LogP contribution >= 0.6 is 0 Å². The van der Waals surface area contributed by atoms with E-state index >= 15 is 0 Å². The fraction of sp³-hybridized carbons (Fsp3) is 0.263. The first-order chi connectivity index (χ1) is 11.4. The Hall–Kier alpha value is -0.242. The van der Waals surface area contributed by atoms with E-state index in [1.54, 1.807) is 6.08 Å². The van der Waals surface area contributed by atoms with Gasteiger partial charge in [0.05, 0.1) is 16.1 Å². The minimum atomic E-state index is -1.30. The molecule has 0 atom stereocenters. The molecule has 4 rings (SSSR count). The molecule has 1 aromatic carbocycles. The Morgan fingerprint density at radius 1 is 1.11 bits per heavy atom. The molecule has 8 heteroatoms. The molecule has 2 aliphatic carbocycles. The van der Waals surface area contributed by atoms with Crippen LogP contribution in [-0.4, -0.2) is 36.8 Å². The second-order valence-corrected chi connectivity index (χ2v) is 12.5. The number of hydrogen-bond donors (Lipinski definition) is 0. The van der Waals surface area contributed by atoms with Gasteiger partial charge in [-0.1, -0.05) is 23.4 Å². The molecule has 1 aromatic rings. The van der Waals surface area contributed by atoms with Crippen molar-refractivity contribution in [1.82, 2.24) is 0 Å². The van der Waals surface area contributed by atoms with E-state index in [2.05, 4.69) is 49.7 Å². The van der Waals surface area contributed by atoms with Crippen LogP contribution < -0.4 is 24.8 Å². The van der Waals surface area contributed by atoms with Crippen LogP contribution in [0, 0.1) is 13.2 Å². The Balaban J connectivity index is 0.000000506. The number of rotatable bonds is 4. The molecule has 3 aliphatic rings. The maximum Gasteiger partial charge on any atom is 4.00 e. The van der Waals surface area contributed by atoms with Gasteiger partial charge in [-0.2, -0.15) is 0 Å². The topological polar surface area (TPSA) is 35.5 Å². The zero-order chi connectivity index (χ0) is 17.3. The maximum absolute atomic E-state index is 11.6. The normalized spacial score (nSPS) is 15.3. The molecule has 1 aliphatic heterocycles. The van der Waals surface area contributed by atoms with Gasteiger partial charge in [0, 0.05) is 6.61 Å².